The summed E-state index contributed by atoms with van der Waals surface area (Å²) >= 11 is 12.9. The van der Waals surface area contributed by atoms with Crippen molar-refractivity contribution in [1.29, 1.82) is 0 Å². The van der Waals surface area contributed by atoms with E-state index in [0.29, 0.717) is 34.9 Å². The molecule has 1 N–H and O–H groups in total. The lowest BCUT2D eigenvalue weighted by atomic mass is 9.99. The quantitative estimate of drug-likeness (QED) is 0.796. The lowest BCUT2D eigenvalue weighted by Crippen LogP contribution is -2.32. The Morgan fingerprint density at radius 2 is 2.00 bits per heavy atom. The first-order valence-electron chi connectivity index (χ1n) is 9.40. The summed E-state index contributed by atoms with van der Waals surface area (Å²) in [7, 11) is 0. The van der Waals surface area contributed by atoms with Gasteiger partial charge in [0.2, 0.25) is 0 Å². The number of ether oxygens (including phenoxy) is 3. The minimum Gasteiger partial charge on any atom is -0.388 e. The number of halogens is 2. The van der Waals surface area contributed by atoms with E-state index in [1.54, 1.807) is 0 Å². The third kappa shape index (κ3) is 3.26. The molecule has 2 saturated heterocycles. The van der Waals surface area contributed by atoms with E-state index in [4.69, 9.17) is 41.9 Å². The molecule has 2 aliphatic heterocycles. The lowest BCUT2D eigenvalue weighted by molar-refractivity contribution is -0.0443. The standard InChI is InChI=1S/C19H21Cl2NO5/c20-11-2-1-3-12(21)15(11)16-10(17(27-22-16)9-4-5-9)6-24-14-8-26-18-13(23)7-25-19(14)18/h2,9,13-14,18-19,23H,1,3-8H2/t13?,14?,18-,19-/m1/s1. The van der Waals surface area contributed by atoms with Gasteiger partial charge >= 0.3 is 0 Å². The number of hydrogen-bond acceptors (Lipinski definition) is 6. The van der Waals surface area contributed by atoms with E-state index >= 15 is 0 Å². The van der Waals surface area contributed by atoms with Crippen LogP contribution >= 0.6 is 23.2 Å². The number of aliphatic hydroxyl groups excluding tert-OH is 1. The van der Waals surface area contributed by atoms with Crippen LogP contribution in [0.2, 0.25) is 0 Å². The van der Waals surface area contributed by atoms with Gasteiger partial charge < -0.3 is 23.8 Å². The van der Waals surface area contributed by atoms with Gasteiger partial charge in [0, 0.05) is 27.1 Å². The highest BCUT2D eigenvalue weighted by Crippen LogP contribution is 2.46. The molecule has 1 saturated carbocycles. The molecule has 8 heteroatoms. The van der Waals surface area contributed by atoms with Gasteiger partial charge in [-0.3, -0.25) is 0 Å². The minimum atomic E-state index is -0.591. The van der Waals surface area contributed by atoms with Crippen molar-refractivity contribution in [3.05, 3.63) is 33.2 Å². The summed E-state index contributed by atoms with van der Waals surface area (Å²) < 4.78 is 23.1. The monoisotopic (exact) mass is 413 g/mol. The molecule has 3 fully saturated rings. The molecule has 0 amide bonds. The van der Waals surface area contributed by atoms with Crippen molar-refractivity contribution >= 4 is 28.8 Å². The molecule has 0 aromatic carbocycles. The van der Waals surface area contributed by atoms with Crippen LogP contribution in [0.25, 0.3) is 5.57 Å². The van der Waals surface area contributed by atoms with Crippen molar-refractivity contribution < 1.29 is 23.8 Å². The van der Waals surface area contributed by atoms with Gasteiger partial charge in [-0.1, -0.05) is 34.4 Å². The first-order chi connectivity index (χ1) is 13.1. The number of hydrogen-bond donors (Lipinski definition) is 1. The summed E-state index contributed by atoms with van der Waals surface area (Å²) in [6.07, 6.45) is 4.32. The second kappa shape index (κ2) is 7.17. The molecule has 3 heterocycles. The molecular formula is C19H21Cl2NO5. The van der Waals surface area contributed by atoms with E-state index in [1.807, 2.05) is 6.08 Å². The minimum absolute atomic E-state index is 0.233. The molecular weight excluding hydrogens is 393 g/mol. The molecule has 0 radical (unpaired) electrons. The van der Waals surface area contributed by atoms with E-state index in [0.717, 1.165) is 42.6 Å². The zero-order valence-corrected chi connectivity index (χ0v) is 16.2. The van der Waals surface area contributed by atoms with Crippen LogP contribution < -0.4 is 0 Å². The van der Waals surface area contributed by atoms with E-state index in [1.165, 1.54) is 0 Å². The topological polar surface area (TPSA) is 74.0 Å². The fraction of sp³-hybridized carbons (Fsp3) is 0.632. The summed E-state index contributed by atoms with van der Waals surface area (Å²) in [5.41, 5.74) is 2.32. The second-order valence-corrected chi connectivity index (χ2v) is 8.40. The molecule has 4 atom stereocenters. The van der Waals surface area contributed by atoms with E-state index < -0.39 is 6.10 Å². The molecule has 5 rings (SSSR count). The number of aromatic nitrogens is 1. The zero-order valence-electron chi connectivity index (χ0n) is 14.7. The third-order valence-electron chi connectivity index (χ3n) is 5.62. The summed E-state index contributed by atoms with van der Waals surface area (Å²) in [6.45, 7) is 0.999. The number of nitrogens with zero attached hydrogens (tertiary/aromatic N) is 1. The average molecular weight is 414 g/mol. The third-order valence-corrected chi connectivity index (χ3v) is 6.35. The van der Waals surface area contributed by atoms with Crippen LogP contribution in [0.15, 0.2) is 20.7 Å². The van der Waals surface area contributed by atoms with E-state index in [-0.39, 0.29) is 24.9 Å². The van der Waals surface area contributed by atoms with Crippen LogP contribution in [0.1, 0.15) is 48.6 Å². The Morgan fingerprint density at radius 1 is 1.19 bits per heavy atom. The van der Waals surface area contributed by atoms with Crippen molar-refractivity contribution in [3.8, 4) is 0 Å². The van der Waals surface area contributed by atoms with Gasteiger partial charge in [-0.15, -0.1) is 0 Å². The molecule has 1 aromatic rings. The second-order valence-electron chi connectivity index (χ2n) is 7.53. The molecule has 27 heavy (non-hydrogen) atoms. The number of rotatable bonds is 5. The van der Waals surface area contributed by atoms with Gasteiger partial charge in [0.1, 0.15) is 35.9 Å². The highest BCUT2D eigenvalue weighted by molar-refractivity contribution is 6.42. The first-order valence-corrected chi connectivity index (χ1v) is 10.2. The molecule has 146 valence electrons. The predicted octanol–water partition coefficient (Wildman–Crippen LogP) is 3.46. The highest BCUT2D eigenvalue weighted by atomic mass is 35.5. The van der Waals surface area contributed by atoms with Crippen LogP contribution in [0, 0.1) is 0 Å². The first kappa shape index (κ1) is 18.2. The van der Waals surface area contributed by atoms with Crippen LogP contribution in [0.5, 0.6) is 0 Å². The Balaban J connectivity index is 1.40. The fourth-order valence-corrected chi connectivity index (χ4v) is 4.69. The smallest absolute Gasteiger partial charge is 0.145 e. The molecule has 2 aliphatic carbocycles. The zero-order chi connectivity index (χ0) is 18.5. The molecule has 4 aliphatic rings. The number of allylic oxidation sites excluding steroid dienone is 4. The maximum Gasteiger partial charge on any atom is 0.145 e. The molecule has 6 nitrogen and oxygen atoms in total. The van der Waals surface area contributed by atoms with Gasteiger partial charge in [-0.25, -0.2) is 0 Å². The molecule has 2 unspecified atom stereocenters. The largest absolute Gasteiger partial charge is 0.388 e. The van der Waals surface area contributed by atoms with Gasteiger partial charge in [-0.05, 0) is 25.7 Å². The van der Waals surface area contributed by atoms with E-state index in [9.17, 15) is 5.11 Å². The molecule has 0 spiro atoms. The highest BCUT2D eigenvalue weighted by Gasteiger charge is 2.48. The van der Waals surface area contributed by atoms with Crippen LogP contribution in [-0.4, -0.2) is 47.9 Å². The maximum absolute atomic E-state index is 9.89. The van der Waals surface area contributed by atoms with Crippen LogP contribution in [0.4, 0.5) is 0 Å². The average Bonchev–Trinajstić information content (AvgIpc) is 3.12. The summed E-state index contributed by atoms with van der Waals surface area (Å²) in [5.74, 6) is 1.24. The van der Waals surface area contributed by atoms with Gasteiger partial charge in [0.25, 0.3) is 0 Å². The Morgan fingerprint density at radius 3 is 2.78 bits per heavy atom. The van der Waals surface area contributed by atoms with Crippen molar-refractivity contribution in [2.75, 3.05) is 13.2 Å². The van der Waals surface area contributed by atoms with Crippen LogP contribution in [-0.2, 0) is 20.8 Å². The summed E-state index contributed by atoms with van der Waals surface area (Å²) in [6, 6.07) is 0. The van der Waals surface area contributed by atoms with Crippen molar-refractivity contribution in [3.63, 3.8) is 0 Å². The Kier molecular flexibility index (Phi) is 4.82. The summed E-state index contributed by atoms with van der Waals surface area (Å²) in [5, 5.41) is 15.5. The van der Waals surface area contributed by atoms with Crippen LogP contribution in [0.3, 0.4) is 0 Å². The van der Waals surface area contributed by atoms with E-state index in [2.05, 4.69) is 5.16 Å². The summed E-state index contributed by atoms with van der Waals surface area (Å²) in [4.78, 5) is 0. The number of fused-ring (bicyclic) bond motifs is 1. The fourth-order valence-electron chi connectivity index (χ4n) is 4.03. The molecule has 1 aromatic heterocycles. The SMILES string of the molecule is OC1CO[C@@H]2C(OCc3c(C4=C(Cl)CCC=C4Cl)noc3C3CC3)CO[C@H]12. The Labute approximate surface area is 167 Å². The molecule has 0 bridgehead atoms. The Bertz CT molecular complexity index is 800. The van der Waals surface area contributed by atoms with Crippen molar-refractivity contribution in [1.82, 2.24) is 5.16 Å². The maximum atomic E-state index is 9.89. The number of aliphatic hydroxyl groups is 1. The normalized spacial score (nSPS) is 33.5. The van der Waals surface area contributed by atoms with Crippen molar-refractivity contribution in [2.45, 2.75) is 62.6 Å². The Hall–Kier alpha value is -0.890. The lowest BCUT2D eigenvalue weighted by Gasteiger charge is -2.18. The van der Waals surface area contributed by atoms with Gasteiger partial charge in [0.05, 0.1) is 19.8 Å². The van der Waals surface area contributed by atoms with Gasteiger partial charge in [0.15, 0.2) is 0 Å². The van der Waals surface area contributed by atoms with Crippen molar-refractivity contribution in [2.24, 2.45) is 0 Å². The predicted molar refractivity (Wildman–Crippen MR) is 98.5 cm³/mol. The van der Waals surface area contributed by atoms with Gasteiger partial charge in [-0.2, -0.15) is 0 Å².